The predicted octanol–water partition coefficient (Wildman–Crippen LogP) is 1.37. The molecule has 15 heavy (non-hydrogen) atoms. The molecule has 3 heteroatoms. The van der Waals surface area contributed by atoms with Crippen LogP contribution < -0.4 is 5.73 Å². The van der Waals surface area contributed by atoms with E-state index in [0.717, 1.165) is 19.0 Å². The van der Waals surface area contributed by atoms with Crippen LogP contribution in [0.1, 0.15) is 39.0 Å². The number of hydrogen-bond donors (Lipinski definition) is 1. The summed E-state index contributed by atoms with van der Waals surface area (Å²) in [4.78, 5) is 2.61. The molecule has 3 atom stereocenters. The second-order valence-corrected chi connectivity index (χ2v) is 4.89. The van der Waals surface area contributed by atoms with Gasteiger partial charge in [0.2, 0.25) is 0 Å². The second kappa shape index (κ2) is 5.28. The number of rotatable bonds is 4. The highest BCUT2D eigenvalue weighted by Gasteiger charge is 2.30. The van der Waals surface area contributed by atoms with Gasteiger partial charge in [-0.25, -0.2) is 0 Å². The van der Waals surface area contributed by atoms with Gasteiger partial charge in [0.15, 0.2) is 0 Å². The molecule has 0 saturated carbocycles. The molecule has 3 unspecified atom stereocenters. The Morgan fingerprint density at radius 3 is 2.73 bits per heavy atom. The van der Waals surface area contributed by atoms with Gasteiger partial charge in [-0.3, -0.25) is 4.90 Å². The van der Waals surface area contributed by atoms with Crippen molar-refractivity contribution in [2.75, 3.05) is 19.6 Å². The molecule has 2 rings (SSSR count). The minimum absolute atomic E-state index is 0.331. The van der Waals surface area contributed by atoms with Crippen LogP contribution in [0.4, 0.5) is 0 Å². The third-order valence-electron chi connectivity index (χ3n) is 3.87. The van der Waals surface area contributed by atoms with Crippen molar-refractivity contribution >= 4 is 0 Å². The zero-order valence-corrected chi connectivity index (χ0v) is 9.82. The Kier molecular flexibility index (Phi) is 4.00. The lowest BCUT2D eigenvalue weighted by molar-refractivity contribution is 0.0242. The first-order valence-corrected chi connectivity index (χ1v) is 6.43. The van der Waals surface area contributed by atoms with Crippen molar-refractivity contribution in [2.24, 2.45) is 5.73 Å². The number of hydrogen-bond acceptors (Lipinski definition) is 3. The molecule has 2 N–H and O–H groups in total. The quantitative estimate of drug-likeness (QED) is 0.765. The molecule has 0 aromatic carbocycles. The smallest absolute Gasteiger partial charge is 0.0707 e. The van der Waals surface area contributed by atoms with Gasteiger partial charge in [0.25, 0.3) is 0 Å². The summed E-state index contributed by atoms with van der Waals surface area (Å²) in [5.74, 6) is 0. The van der Waals surface area contributed by atoms with E-state index >= 15 is 0 Å². The molecule has 0 amide bonds. The summed E-state index contributed by atoms with van der Waals surface area (Å²) < 4.78 is 5.90. The maximum absolute atomic E-state index is 5.90. The molecule has 2 aliphatic heterocycles. The number of nitrogens with zero attached hydrogens (tertiary/aromatic N) is 1. The normalized spacial score (nSPS) is 37.6. The second-order valence-electron chi connectivity index (χ2n) is 4.89. The summed E-state index contributed by atoms with van der Waals surface area (Å²) >= 11 is 0. The number of likely N-dealkylation sites (tertiary alicyclic amines) is 1. The summed E-state index contributed by atoms with van der Waals surface area (Å²) in [6, 6.07) is 0.811. The van der Waals surface area contributed by atoms with E-state index < -0.39 is 0 Å². The minimum Gasteiger partial charge on any atom is -0.372 e. The maximum Gasteiger partial charge on any atom is 0.0707 e. The summed E-state index contributed by atoms with van der Waals surface area (Å²) in [7, 11) is 0. The van der Waals surface area contributed by atoms with E-state index in [0.29, 0.717) is 18.8 Å². The molecule has 2 aliphatic rings. The fraction of sp³-hybridized carbons (Fsp3) is 1.00. The molecular weight excluding hydrogens is 188 g/mol. The molecule has 0 aliphatic carbocycles. The van der Waals surface area contributed by atoms with Crippen molar-refractivity contribution in [1.82, 2.24) is 4.90 Å². The Morgan fingerprint density at radius 2 is 2.07 bits per heavy atom. The Labute approximate surface area is 93.0 Å². The maximum atomic E-state index is 5.90. The average Bonchev–Trinajstić information content (AvgIpc) is 2.87. The van der Waals surface area contributed by atoms with Crippen LogP contribution in [0.15, 0.2) is 0 Å². The Morgan fingerprint density at radius 1 is 1.27 bits per heavy atom. The van der Waals surface area contributed by atoms with E-state index in [-0.39, 0.29) is 0 Å². The Hall–Kier alpha value is -0.120. The van der Waals surface area contributed by atoms with E-state index in [1.165, 1.54) is 32.2 Å². The lowest BCUT2D eigenvalue weighted by atomic mass is 10.1. The van der Waals surface area contributed by atoms with Gasteiger partial charge in [-0.2, -0.15) is 0 Å². The van der Waals surface area contributed by atoms with Gasteiger partial charge in [0.05, 0.1) is 12.2 Å². The van der Waals surface area contributed by atoms with Crippen LogP contribution in [0.5, 0.6) is 0 Å². The van der Waals surface area contributed by atoms with Crippen molar-refractivity contribution in [3.63, 3.8) is 0 Å². The van der Waals surface area contributed by atoms with Gasteiger partial charge in [0, 0.05) is 19.1 Å². The third-order valence-corrected chi connectivity index (χ3v) is 3.87. The van der Waals surface area contributed by atoms with Crippen LogP contribution in [0.3, 0.4) is 0 Å². The Balaban J connectivity index is 1.77. The van der Waals surface area contributed by atoms with Crippen molar-refractivity contribution in [1.29, 1.82) is 0 Å². The van der Waals surface area contributed by atoms with E-state index in [9.17, 15) is 0 Å². The molecule has 0 radical (unpaired) electrons. The van der Waals surface area contributed by atoms with Crippen molar-refractivity contribution in [3.8, 4) is 0 Å². The van der Waals surface area contributed by atoms with Gasteiger partial charge in [-0.05, 0) is 38.6 Å². The van der Waals surface area contributed by atoms with E-state index in [1.807, 2.05) is 0 Å². The SMILES string of the molecule is CCC1CCCN1CC1CCC(CN)O1. The largest absolute Gasteiger partial charge is 0.372 e. The minimum atomic E-state index is 0.331. The molecule has 0 aromatic rings. The topological polar surface area (TPSA) is 38.5 Å². The van der Waals surface area contributed by atoms with Gasteiger partial charge in [-0.15, -0.1) is 0 Å². The van der Waals surface area contributed by atoms with E-state index in [1.54, 1.807) is 0 Å². The first-order valence-electron chi connectivity index (χ1n) is 6.43. The van der Waals surface area contributed by atoms with Crippen LogP contribution in [0.2, 0.25) is 0 Å². The van der Waals surface area contributed by atoms with Crippen LogP contribution in [-0.2, 0) is 4.74 Å². The molecule has 2 saturated heterocycles. The van der Waals surface area contributed by atoms with Gasteiger partial charge in [0.1, 0.15) is 0 Å². The molecular formula is C12H24N2O. The fourth-order valence-electron chi connectivity index (χ4n) is 2.95. The zero-order chi connectivity index (χ0) is 10.7. The molecule has 0 spiro atoms. The highest BCUT2D eigenvalue weighted by atomic mass is 16.5. The highest BCUT2D eigenvalue weighted by molar-refractivity contribution is 4.83. The van der Waals surface area contributed by atoms with Crippen molar-refractivity contribution < 1.29 is 4.74 Å². The first kappa shape index (κ1) is 11.4. The van der Waals surface area contributed by atoms with E-state index in [4.69, 9.17) is 10.5 Å². The van der Waals surface area contributed by atoms with Gasteiger partial charge < -0.3 is 10.5 Å². The van der Waals surface area contributed by atoms with Gasteiger partial charge >= 0.3 is 0 Å². The van der Waals surface area contributed by atoms with Crippen molar-refractivity contribution in [2.45, 2.75) is 57.3 Å². The molecule has 0 aromatic heterocycles. The molecule has 2 heterocycles. The highest BCUT2D eigenvalue weighted by Crippen LogP contribution is 2.25. The monoisotopic (exact) mass is 212 g/mol. The summed E-state index contributed by atoms with van der Waals surface area (Å²) in [6.45, 7) is 5.38. The molecule has 2 fully saturated rings. The summed E-state index contributed by atoms with van der Waals surface area (Å²) in [5.41, 5.74) is 5.62. The third kappa shape index (κ3) is 2.71. The Bertz CT molecular complexity index is 198. The van der Waals surface area contributed by atoms with Crippen LogP contribution >= 0.6 is 0 Å². The summed E-state index contributed by atoms with van der Waals surface area (Å²) in [5, 5.41) is 0. The molecule has 88 valence electrons. The predicted molar refractivity (Wildman–Crippen MR) is 61.8 cm³/mol. The standard InChI is InChI=1S/C12H24N2O/c1-2-10-4-3-7-14(10)9-12-6-5-11(8-13)15-12/h10-12H,2-9,13H2,1H3. The molecule has 3 nitrogen and oxygen atoms in total. The number of nitrogens with two attached hydrogens (primary N) is 1. The first-order chi connectivity index (χ1) is 7.33. The average molecular weight is 212 g/mol. The summed E-state index contributed by atoms with van der Waals surface area (Å²) in [6.07, 6.45) is 7.17. The van der Waals surface area contributed by atoms with Crippen molar-refractivity contribution in [3.05, 3.63) is 0 Å². The lowest BCUT2D eigenvalue weighted by Gasteiger charge is -2.26. The fourth-order valence-corrected chi connectivity index (χ4v) is 2.95. The van der Waals surface area contributed by atoms with E-state index in [2.05, 4.69) is 11.8 Å². The van der Waals surface area contributed by atoms with Crippen LogP contribution in [-0.4, -0.2) is 42.8 Å². The van der Waals surface area contributed by atoms with Crippen LogP contribution in [0.25, 0.3) is 0 Å². The lowest BCUT2D eigenvalue weighted by Crippen LogP contribution is -2.36. The van der Waals surface area contributed by atoms with Crippen LogP contribution in [0, 0.1) is 0 Å². The zero-order valence-electron chi connectivity index (χ0n) is 9.82. The number of ether oxygens (including phenoxy) is 1. The van der Waals surface area contributed by atoms with Gasteiger partial charge in [-0.1, -0.05) is 6.92 Å². The molecule has 0 bridgehead atoms.